The van der Waals surface area contributed by atoms with Crippen molar-refractivity contribution in [3.63, 3.8) is 0 Å². The number of nitrogens with zero attached hydrogens (tertiary/aromatic N) is 1. The Kier molecular flexibility index (Phi) is 4.22. The molecule has 1 aromatic carbocycles. The first-order valence-corrected chi connectivity index (χ1v) is 6.17. The van der Waals surface area contributed by atoms with Crippen LogP contribution in [0.1, 0.15) is 29.8 Å². The molecule has 1 atom stereocenters. The van der Waals surface area contributed by atoms with Gasteiger partial charge in [0.1, 0.15) is 0 Å². The smallest absolute Gasteiger partial charge is 0.163 e. The number of hydrogen-bond donors (Lipinski definition) is 1. The van der Waals surface area contributed by atoms with Crippen LogP contribution in [0.2, 0.25) is 0 Å². The second-order valence-corrected chi connectivity index (χ2v) is 4.51. The molecular weight excluding hydrogens is 246 g/mol. The standard InChI is InChI=1S/C15H16F2N2/c1-10-5-4-8-18-14(10)9-19-11(2)12-6-3-7-13(16)15(12)17/h3-8,11,19H,9H2,1-2H3. The van der Waals surface area contributed by atoms with Gasteiger partial charge in [-0.3, -0.25) is 4.98 Å². The van der Waals surface area contributed by atoms with Crippen molar-refractivity contribution in [2.45, 2.75) is 26.4 Å². The van der Waals surface area contributed by atoms with Gasteiger partial charge in [-0.25, -0.2) is 8.78 Å². The number of halogens is 2. The Labute approximate surface area is 111 Å². The second-order valence-electron chi connectivity index (χ2n) is 4.51. The van der Waals surface area contributed by atoms with Crippen LogP contribution in [0, 0.1) is 18.6 Å². The lowest BCUT2D eigenvalue weighted by Gasteiger charge is -2.15. The van der Waals surface area contributed by atoms with E-state index in [2.05, 4.69) is 10.3 Å². The molecule has 0 spiro atoms. The van der Waals surface area contributed by atoms with Crippen LogP contribution in [0.25, 0.3) is 0 Å². The molecule has 0 bridgehead atoms. The summed E-state index contributed by atoms with van der Waals surface area (Å²) in [6.45, 7) is 4.29. The van der Waals surface area contributed by atoms with Gasteiger partial charge in [0, 0.05) is 24.3 Å². The van der Waals surface area contributed by atoms with E-state index in [4.69, 9.17) is 0 Å². The molecule has 0 radical (unpaired) electrons. The van der Waals surface area contributed by atoms with E-state index in [0.717, 1.165) is 17.3 Å². The van der Waals surface area contributed by atoms with Gasteiger partial charge >= 0.3 is 0 Å². The Morgan fingerprint density at radius 1 is 1.21 bits per heavy atom. The maximum absolute atomic E-state index is 13.6. The van der Waals surface area contributed by atoms with Crippen LogP contribution in [-0.4, -0.2) is 4.98 Å². The molecule has 0 fully saturated rings. The van der Waals surface area contributed by atoms with E-state index in [9.17, 15) is 8.78 Å². The molecule has 1 heterocycles. The minimum atomic E-state index is -0.819. The molecule has 2 rings (SSSR count). The molecule has 2 nitrogen and oxygen atoms in total. The highest BCUT2D eigenvalue weighted by Gasteiger charge is 2.14. The zero-order chi connectivity index (χ0) is 13.8. The molecule has 1 N–H and O–H groups in total. The Bertz CT molecular complexity index is 570. The summed E-state index contributed by atoms with van der Waals surface area (Å²) in [5, 5.41) is 3.15. The molecule has 0 saturated heterocycles. The van der Waals surface area contributed by atoms with Gasteiger partial charge in [0.25, 0.3) is 0 Å². The number of rotatable bonds is 4. The highest BCUT2D eigenvalue weighted by Crippen LogP contribution is 2.19. The lowest BCUT2D eigenvalue weighted by Crippen LogP contribution is -2.20. The topological polar surface area (TPSA) is 24.9 Å². The summed E-state index contributed by atoms with van der Waals surface area (Å²) in [6.07, 6.45) is 1.72. The molecule has 1 aromatic heterocycles. The largest absolute Gasteiger partial charge is 0.304 e. The molecule has 0 aliphatic heterocycles. The zero-order valence-electron chi connectivity index (χ0n) is 11.0. The van der Waals surface area contributed by atoms with Gasteiger partial charge in [-0.15, -0.1) is 0 Å². The van der Waals surface area contributed by atoms with E-state index in [1.807, 2.05) is 19.1 Å². The highest BCUT2D eigenvalue weighted by molar-refractivity contribution is 5.23. The second kappa shape index (κ2) is 5.89. The van der Waals surface area contributed by atoms with Crippen molar-refractivity contribution in [2.24, 2.45) is 0 Å². The maximum Gasteiger partial charge on any atom is 0.163 e. The van der Waals surface area contributed by atoms with Crippen molar-refractivity contribution in [1.29, 1.82) is 0 Å². The summed E-state index contributed by atoms with van der Waals surface area (Å²) < 4.78 is 26.8. The molecule has 19 heavy (non-hydrogen) atoms. The Balaban J connectivity index is 2.08. The van der Waals surface area contributed by atoms with E-state index in [1.54, 1.807) is 19.2 Å². The molecule has 1 unspecified atom stereocenters. The molecule has 100 valence electrons. The lowest BCUT2D eigenvalue weighted by molar-refractivity contribution is 0.471. The SMILES string of the molecule is Cc1cccnc1CNC(C)c1cccc(F)c1F. The predicted molar refractivity (Wildman–Crippen MR) is 70.6 cm³/mol. The Hall–Kier alpha value is -1.81. The zero-order valence-corrected chi connectivity index (χ0v) is 11.0. The molecular formula is C15H16F2N2. The molecule has 4 heteroatoms. The Morgan fingerprint density at radius 2 is 2.00 bits per heavy atom. The van der Waals surface area contributed by atoms with Gasteiger partial charge in [-0.05, 0) is 31.5 Å². The third-order valence-electron chi connectivity index (χ3n) is 3.14. The predicted octanol–water partition coefficient (Wildman–Crippen LogP) is 3.52. The van der Waals surface area contributed by atoms with Crippen LogP contribution < -0.4 is 5.32 Å². The van der Waals surface area contributed by atoms with Crippen LogP contribution in [0.5, 0.6) is 0 Å². The van der Waals surface area contributed by atoms with E-state index in [0.29, 0.717) is 12.1 Å². The lowest BCUT2D eigenvalue weighted by atomic mass is 10.1. The number of benzene rings is 1. The minimum absolute atomic E-state index is 0.280. The number of nitrogens with one attached hydrogen (secondary N) is 1. The van der Waals surface area contributed by atoms with E-state index in [1.165, 1.54) is 6.07 Å². The number of pyridine rings is 1. The summed E-state index contributed by atoms with van der Waals surface area (Å²) in [5.74, 6) is -1.61. The van der Waals surface area contributed by atoms with Gasteiger partial charge in [-0.1, -0.05) is 18.2 Å². The van der Waals surface area contributed by atoms with Crippen LogP contribution in [0.15, 0.2) is 36.5 Å². The molecule has 0 amide bonds. The Morgan fingerprint density at radius 3 is 2.74 bits per heavy atom. The van der Waals surface area contributed by atoms with Gasteiger partial charge in [0.2, 0.25) is 0 Å². The van der Waals surface area contributed by atoms with Crippen LogP contribution in [0.3, 0.4) is 0 Å². The minimum Gasteiger partial charge on any atom is -0.304 e. The van der Waals surface area contributed by atoms with Crippen molar-refractivity contribution >= 4 is 0 Å². The third-order valence-corrected chi connectivity index (χ3v) is 3.14. The normalized spacial score (nSPS) is 12.4. The van der Waals surface area contributed by atoms with Crippen LogP contribution in [-0.2, 0) is 6.54 Å². The summed E-state index contributed by atoms with van der Waals surface area (Å²) in [4.78, 5) is 4.25. The van der Waals surface area contributed by atoms with Crippen molar-refractivity contribution in [1.82, 2.24) is 10.3 Å². The fourth-order valence-corrected chi connectivity index (χ4v) is 1.92. The summed E-state index contributed by atoms with van der Waals surface area (Å²) in [5.41, 5.74) is 2.31. The van der Waals surface area contributed by atoms with E-state index in [-0.39, 0.29) is 6.04 Å². The summed E-state index contributed by atoms with van der Waals surface area (Å²) in [7, 11) is 0. The van der Waals surface area contributed by atoms with Crippen molar-refractivity contribution in [3.05, 3.63) is 65.0 Å². The average Bonchev–Trinajstić information content (AvgIpc) is 2.40. The third kappa shape index (κ3) is 3.15. The first-order chi connectivity index (χ1) is 9.09. The van der Waals surface area contributed by atoms with Crippen molar-refractivity contribution in [3.8, 4) is 0 Å². The van der Waals surface area contributed by atoms with Crippen LogP contribution >= 0.6 is 0 Å². The van der Waals surface area contributed by atoms with Gasteiger partial charge in [0.15, 0.2) is 11.6 Å². The van der Waals surface area contributed by atoms with Crippen molar-refractivity contribution in [2.75, 3.05) is 0 Å². The average molecular weight is 262 g/mol. The summed E-state index contributed by atoms with van der Waals surface area (Å²) >= 11 is 0. The first-order valence-electron chi connectivity index (χ1n) is 6.17. The number of aryl methyl sites for hydroxylation is 1. The van der Waals surface area contributed by atoms with Gasteiger partial charge in [0.05, 0.1) is 5.69 Å². The molecule has 0 saturated carbocycles. The maximum atomic E-state index is 13.6. The van der Waals surface area contributed by atoms with E-state index < -0.39 is 11.6 Å². The first kappa shape index (κ1) is 13.6. The summed E-state index contributed by atoms with van der Waals surface area (Å²) in [6, 6.07) is 7.77. The fraction of sp³-hybridized carbons (Fsp3) is 0.267. The molecule has 0 aliphatic rings. The molecule has 2 aromatic rings. The molecule has 0 aliphatic carbocycles. The van der Waals surface area contributed by atoms with Gasteiger partial charge in [-0.2, -0.15) is 0 Å². The van der Waals surface area contributed by atoms with E-state index >= 15 is 0 Å². The number of aromatic nitrogens is 1. The number of hydrogen-bond acceptors (Lipinski definition) is 2. The highest BCUT2D eigenvalue weighted by atomic mass is 19.2. The fourth-order valence-electron chi connectivity index (χ4n) is 1.92. The van der Waals surface area contributed by atoms with Gasteiger partial charge < -0.3 is 5.32 Å². The quantitative estimate of drug-likeness (QED) is 0.912. The van der Waals surface area contributed by atoms with Crippen molar-refractivity contribution < 1.29 is 8.78 Å². The van der Waals surface area contributed by atoms with Crippen LogP contribution in [0.4, 0.5) is 8.78 Å². The monoisotopic (exact) mass is 262 g/mol.